The van der Waals surface area contributed by atoms with Crippen molar-refractivity contribution in [3.8, 4) is 0 Å². The summed E-state index contributed by atoms with van der Waals surface area (Å²) in [4.78, 5) is 0. The van der Waals surface area contributed by atoms with Crippen molar-refractivity contribution in [1.82, 2.24) is 15.1 Å². The van der Waals surface area contributed by atoms with Gasteiger partial charge in [0.1, 0.15) is 0 Å². The van der Waals surface area contributed by atoms with Crippen molar-refractivity contribution < 1.29 is 4.74 Å². The second-order valence-corrected chi connectivity index (χ2v) is 6.39. The van der Waals surface area contributed by atoms with Crippen LogP contribution in [0.5, 0.6) is 0 Å². The summed E-state index contributed by atoms with van der Waals surface area (Å²) in [7, 11) is 3.89. The minimum absolute atomic E-state index is 0.0336. The molecule has 2 fully saturated rings. The average molecular weight is 277 g/mol. The fraction of sp³-hybridized carbons (Fsp3) is 0.812. The SMILES string of the molecule is CNC(Cc1ccn(C2CCCC2)n1)C1(OC)CCC1. The molecule has 20 heavy (non-hydrogen) atoms. The molecule has 1 unspecified atom stereocenters. The third kappa shape index (κ3) is 2.51. The van der Waals surface area contributed by atoms with Crippen LogP contribution in [-0.2, 0) is 11.2 Å². The monoisotopic (exact) mass is 277 g/mol. The van der Waals surface area contributed by atoms with Gasteiger partial charge in [0.05, 0.1) is 17.3 Å². The number of nitrogens with zero attached hydrogens (tertiary/aromatic N) is 2. The van der Waals surface area contributed by atoms with Crippen molar-refractivity contribution in [2.75, 3.05) is 14.2 Å². The Kier molecular flexibility index (Phi) is 4.13. The smallest absolute Gasteiger partial charge is 0.0834 e. The van der Waals surface area contributed by atoms with Gasteiger partial charge in [-0.2, -0.15) is 5.10 Å². The number of rotatable bonds is 6. The van der Waals surface area contributed by atoms with Gasteiger partial charge in [-0.25, -0.2) is 0 Å². The molecule has 2 aliphatic rings. The molecule has 0 aromatic carbocycles. The highest BCUT2D eigenvalue weighted by Gasteiger charge is 2.43. The Morgan fingerprint density at radius 3 is 2.70 bits per heavy atom. The number of hydrogen-bond acceptors (Lipinski definition) is 3. The summed E-state index contributed by atoms with van der Waals surface area (Å²) in [6.07, 6.45) is 12.0. The number of hydrogen-bond donors (Lipinski definition) is 1. The van der Waals surface area contributed by atoms with E-state index in [0.717, 1.165) is 6.42 Å². The summed E-state index contributed by atoms with van der Waals surface area (Å²) in [5.74, 6) is 0. The van der Waals surface area contributed by atoms with Gasteiger partial charge in [-0.05, 0) is 45.2 Å². The highest BCUT2D eigenvalue weighted by Crippen LogP contribution is 2.39. The molecule has 0 spiro atoms. The van der Waals surface area contributed by atoms with Gasteiger partial charge < -0.3 is 10.1 Å². The lowest BCUT2D eigenvalue weighted by Crippen LogP contribution is -2.56. The molecule has 2 saturated carbocycles. The van der Waals surface area contributed by atoms with E-state index in [2.05, 4.69) is 22.3 Å². The first-order valence-electron chi connectivity index (χ1n) is 8.04. The molecular weight excluding hydrogens is 250 g/mol. The van der Waals surface area contributed by atoms with E-state index in [1.165, 1.54) is 50.6 Å². The van der Waals surface area contributed by atoms with Gasteiger partial charge in [-0.1, -0.05) is 12.8 Å². The molecule has 4 heteroatoms. The largest absolute Gasteiger partial charge is 0.377 e. The second kappa shape index (κ2) is 5.86. The van der Waals surface area contributed by atoms with Crippen molar-refractivity contribution in [3.05, 3.63) is 18.0 Å². The van der Waals surface area contributed by atoms with Gasteiger partial charge in [0.2, 0.25) is 0 Å². The van der Waals surface area contributed by atoms with Crippen molar-refractivity contribution in [2.45, 2.75) is 69.1 Å². The molecule has 0 saturated heterocycles. The van der Waals surface area contributed by atoms with Crippen molar-refractivity contribution in [3.63, 3.8) is 0 Å². The van der Waals surface area contributed by atoms with E-state index in [1.54, 1.807) is 0 Å². The van der Waals surface area contributed by atoms with Crippen LogP contribution >= 0.6 is 0 Å². The predicted octanol–water partition coefficient (Wildman–Crippen LogP) is 2.70. The van der Waals surface area contributed by atoms with Crippen LogP contribution in [-0.4, -0.2) is 35.6 Å². The Morgan fingerprint density at radius 2 is 2.15 bits per heavy atom. The molecule has 0 radical (unpaired) electrons. The Bertz CT molecular complexity index is 427. The lowest BCUT2D eigenvalue weighted by molar-refractivity contribution is -0.0968. The third-order valence-electron chi connectivity index (χ3n) is 5.37. The summed E-state index contributed by atoms with van der Waals surface area (Å²) in [6, 6.07) is 3.19. The molecule has 0 bridgehead atoms. The molecule has 3 rings (SSSR count). The molecule has 1 aromatic rings. The fourth-order valence-electron chi connectivity index (χ4n) is 3.84. The van der Waals surface area contributed by atoms with Crippen molar-refractivity contribution in [1.29, 1.82) is 0 Å². The fourth-order valence-corrected chi connectivity index (χ4v) is 3.84. The van der Waals surface area contributed by atoms with Crippen LogP contribution < -0.4 is 5.32 Å². The molecule has 112 valence electrons. The van der Waals surface area contributed by atoms with Gasteiger partial charge in [0, 0.05) is 25.8 Å². The van der Waals surface area contributed by atoms with Crippen LogP contribution in [0.1, 0.15) is 56.7 Å². The standard InChI is InChI=1S/C16H27N3O/c1-17-15(16(20-2)9-5-10-16)12-13-8-11-19(18-13)14-6-3-4-7-14/h8,11,14-15,17H,3-7,9-10,12H2,1-2H3. The summed E-state index contributed by atoms with van der Waals surface area (Å²) in [5, 5.41) is 8.26. The number of likely N-dealkylation sites (N-methyl/N-ethyl adjacent to an activating group) is 1. The van der Waals surface area contributed by atoms with Crippen LogP contribution in [0.3, 0.4) is 0 Å². The highest BCUT2D eigenvalue weighted by molar-refractivity contribution is 5.09. The number of aromatic nitrogens is 2. The lowest BCUT2D eigenvalue weighted by Gasteiger charge is -2.46. The zero-order chi connectivity index (χ0) is 14.0. The van der Waals surface area contributed by atoms with E-state index in [-0.39, 0.29) is 5.60 Å². The summed E-state index contributed by atoms with van der Waals surface area (Å²) < 4.78 is 8.00. The molecule has 0 aliphatic heterocycles. The zero-order valence-electron chi connectivity index (χ0n) is 12.8. The Morgan fingerprint density at radius 1 is 1.40 bits per heavy atom. The molecular formula is C16H27N3O. The summed E-state index contributed by atoms with van der Waals surface area (Å²) in [6.45, 7) is 0. The van der Waals surface area contributed by atoms with Crippen LogP contribution in [0.2, 0.25) is 0 Å². The minimum Gasteiger partial charge on any atom is -0.377 e. The maximum absolute atomic E-state index is 5.81. The third-order valence-corrected chi connectivity index (χ3v) is 5.37. The van der Waals surface area contributed by atoms with Gasteiger partial charge in [-0.3, -0.25) is 4.68 Å². The minimum atomic E-state index is 0.0336. The van der Waals surface area contributed by atoms with Gasteiger partial charge in [-0.15, -0.1) is 0 Å². The molecule has 1 atom stereocenters. The van der Waals surface area contributed by atoms with Crippen LogP contribution in [0.15, 0.2) is 12.3 Å². The Labute approximate surface area is 121 Å². The number of nitrogens with one attached hydrogen (secondary N) is 1. The molecule has 1 heterocycles. The van der Waals surface area contributed by atoms with Crippen LogP contribution in [0, 0.1) is 0 Å². The van der Waals surface area contributed by atoms with E-state index in [4.69, 9.17) is 9.84 Å². The van der Waals surface area contributed by atoms with Gasteiger partial charge in [0.25, 0.3) is 0 Å². The Balaban J connectivity index is 1.66. The number of methoxy groups -OCH3 is 1. The van der Waals surface area contributed by atoms with E-state index >= 15 is 0 Å². The summed E-state index contributed by atoms with van der Waals surface area (Å²) >= 11 is 0. The normalized spacial score (nSPS) is 23.7. The highest BCUT2D eigenvalue weighted by atomic mass is 16.5. The molecule has 0 amide bonds. The average Bonchev–Trinajstić information content (AvgIpc) is 3.07. The first-order chi connectivity index (χ1) is 9.77. The van der Waals surface area contributed by atoms with Crippen LogP contribution in [0.25, 0.3) is 0 Å². The quantitative estimate of drug-likeness (QED) is 0.869. The van der Waals surface area contributed by atoms with Gasteiger partial charge in [0.15, 0.2) is 0 Å². The van der Waals surface area contributed by atoms with E-state index in [0.29, 0.717) is 12.1 Å². The predicted molar refractivity (Wildman–Crippen MR) is 79.9 cm³/mol. The summed E-state index contributed by atoms with van der Waals surface area (Å²) in [5.41, 5.74) is 1.23. The van der Waals surface area contributed by atoms with E-state index in [1.807, 2.05) is 14.2 Å². The van der Waals surface area contributed by atoms with Crippen molar-refractivity contribution >= 4 is 0 Å². The maximum Gasteiger partial charge on any atom is 0.0834 e. The zero-order valence-corrected chi connectivity index (χ0v) is 12.8. The molecule has 1 N–H and O–H groups in total. The number of ether oxygens (including phenoxy) is 1. The first-order valence-corrected chi connectivity index (χ1v) is 8.04. The lowest BCUT2D eigenvalue weighted by atomic mass is 9.73. The van der Waals surface area contributed by atoms with E-state index in [9.17, 15) is 0 Å². The second-order valence-electron chi connectivity index (χ2n) is 6.39. The first kappa shape index (κ1) is 14.1. The topological polar surface area (TPSA) is 39.1 Å². The van der Waals surface area contributed by atoms with E-state index < -0.39 is 0 Å². The molecule has 1 aromatic heterocycles. The Hall–Kier alpha value is -0.870. The van der Waals surface area contributed by atoms with Gasteiger partial charge >= 0.3 is 0 Å². The maximum atomic E-state index is 5.81. The van der Waals surface area contributed by atoms with Crippen molar-refractivity contribution in [2.24, 2.45) is 0 Å². The molecule has 4 nitrogen and oxygen atoms in total. The van der Waals surface area contributed by atoms with Crippen LogP contribution in [0.4, 0.5) is 0 Å². The molecule has 2 aliphatic carbocycles.